The molecule has 1 aliphatic carbocycles. The van der Waals surface area contributed by atoms with Crippen molar-refractivity contribution < 1.29 is 4.21 Å². The number of nitrogens with one attached hydrogen (secondary N) is 1. The Morgan fingerprint density at radius 1 is 1.25 bits per heavy atom. The molecule has 4 atom stereocenters. The minimum absolute atomic E-state index is 0.389. The smallest absolute Gasteiger partial charge is 0.0501 e. The molecule has 4 unspecified atom stereocenters. The lowest BCUT2D eigenvalue weighted by molar-refractivity contribution is 0.313. The zero-order valence-electron chi connectivity index (χ0n) is 11.2. The molecule has 1 rings (SSSR count). The van der Waals surface area contributed by atoms with Crippen molar-refractivity contribution in [3.05, 3.63) is 0 Å². The summed E-state index contributed by atoms with van der Waals surface area (Å²) in [5.74, 6) is 1.46. The minimum atomic E-state index is -0.636. The molecule has 16 heavy (non-hydrogen) atoms. The molecule has 0 heterocycles. The van der Waals surface area contributed by atoms with E-state index in [1.54, 1.807) is 0 Å². The standard InChI is InChI=1S/C13H27NOS/c1-5-16(15)13-9-7-6-8-12(13)14-11(4)10(2)3/h10-14H,5-9H2,1-4H3. The van der Waals surface area contributed by atoms with Crippen molar-refractivity contribution in [3.8, 4) is 0 Å². The highest BCUT2D eigenvalue weighted by atomic mass is 32.2. The van der Waals surface area contributed by atoms with Gasteiger partial charge in [0.15, 0.2) is 0 Å². The van der Waals surface area contributed by atoms with E-state index in [1.165, 1.54) is 19.3 Å². The van der Waals surface area contributed by atoms with Gasteiger partial charge in [-0.3, -0.25) is 4.21 Å². The molecule has 0 aromatic rings. The molecule has 0 saturated heterocycles. The average molecular weight is 245 g/mol. The summed E-state index contributed by atoms with van der Waals surface area (Å²) in [5.41, 5.74) is 0. The fourth-order valence-electron chi connectivity index (χ4n) is 2.35. The van der Waals surface area contributed by atoms with Crippen molar-refractivity contribution in [2.75, 3.05) is 5.75 Å². The monoisotopic (exact) mass is 245 g/mol. The van der Waals surface area contributed by atoms with E-state index in [9.17, 15) is 4.21 Å². The van der Waals surface area contributed by atoms with Crippen molar-refractivity contribution in [1.82, 2.24) is 5.32 Å². The van der Waals surface area contributed by atoms with E-state index in [0.29, 0.717) is 23.3 Å². The molecule has 3 heteroatoms. The van der Waals surface area contributed by atoms with Crippen LogP contribution in [-0.2, 0) is 10.8 Å². The van der Waals surface area contributed by atoms with Crippen LogP contribution in [0.15, 0.2) is 0 Å². The van der Waals surface area contributed by atoms with Crippen molar-refractivity contribution >= 4 is 10.8 Å². The molecule has 0 radical (unpaired) electrons. The van der Waals surface area contributed by atoms with Gasteiger partial charge >= 0.3 is 0 Å². The summed E-state index contributed by atoms with van der Waals surface area (Å²) in [6, 6.07) is 1.01. The molecule has 0 amide bonds. The van der Waals surface area contributed by atoms with Gasteiger partial charge in [-0.05, 0) is 25.7 Å². The molecule has 1 aliphatic rings. The lowest BCUT2D eigenvalue weighted by atomic mass is 9.93. The molecular weight excluding hydrogens is 218 g/mol. The van der Waals surface area contributed by atoms with Gasteiger partial charge in [0.05, 0.1) is 5.25 Å². The molecular formula is C13H27NOS. The van der Waals surface area contributed by atoms with Gasteiger partial charge in [0.2, 0.25) is 0 Å². The molecule has 1 N–H and O–H groups in total. The number of hydrogen-bond donors (Lipinski definition) is 1. The van der Waals surface area contributed by atoms with Crippen LogP contribution in [0.1, 0.15) is 53.4 Å². The Morgan fingerprint density at radius 2 is 1.88 bits per heavy atom. The van der Waals surface area contributed by atoms with Crippen LogP contribution in [0.3, 0.4) is 0 Å². The van der Waals surface area contributed by atoms with Crippen LogP contribution in [0, 0.1) is 5.92 Å². The summed E-state index contributed by atoms with van der Waals surface area (Å²) in [5, 5.41) is 4.08. The van der Waals surface area contributed by atoms with Gasteiger partial charge in [-0.25, -0.2) is 0 Å². The van der Waals surface area contributed by atoms with Gasteiger partial charge in [-0.1, -0.05) is 33.6 Å². The second kappa shape index (κ2) is 6.75. The molecule has 0 bridgehead atoms. The van der Waals surface area contributed by atoms with E-state index in [4.69, 9.17) is 0 Å². The summed E-state index contributed by atoms with van der Waals surface area (Å²) >= 11 is 0. The van der Waals surface area contributed by atoms with Gasteiger partial charge < -0.3 is 5.32 Å². The van der Waals surface area contributed by atoms with Crippen molar-refractivity contribution in [2.24, 2.45) is 5.92 Å². The van der Waals surface area contributed by atoms with Gasteiger partial charge in [-0.15, -0.1) is 0 Å². The molecule has 0 aromatic heterocycles. The van der Waals surface area contributed by atoms with Crippen LogP contribution >= 0.6 is 0 Å². The highest BCUT2D eigenvalue weighted by Crippen LogP contribution is 2.24. The third-order valence-corrected chi connectivity index (χ3v) is 5.61. The van der Waals surface area contributed by atoms with Gasteiger partial charge in [0.25, 0.3) is 0 Å². The van der Waals surface area contributed by atoms with E-state index in [1.807, 2.05) is 6.92 Å². The second-order valence-electron chi connectivity index (χ2n) is 5.30. The lowest BCUT2D eigenvalue weighted by Gasteiger charge is -2.34. The second-order valence-corrected chi connectivity index (χ2v) is 7.24. The molecule has 1 saturated carbocycles. The Hall–Kier alpha value is 0.110. The third-order valence-electron chi connectivity index (χ3n) is 3.80. The Labute approximate surface area is 103 Å². The van der Waals surface area contributed by atoms with Gasteiger partial charge in [-0.2, -0.15) is 0 Å². The van der Waals surface area contributed by atoms with Crippen LogP contribution in [0.4, 0.5) is 0 Å². The Kier molecular flexibility index (Phi) is 5.98. The first kappa shape index (κ1) is 14.2. The predicted molar refractivity (Wildman–Crippen MR) is 72.2 cm³/mol. The summed E-state index contributed by atoms with van der Waals surface area (Å²) in [6.45, 7) is 8.76. The fraction of sp³-hybridized carbons (Fsp3) is 1.00. The van der Waals surface area contributed by atoms with Crippen molar-refractivity contribution in [2.45, 2.75) is 70.7 Å². The first-order chi connectivity index (χ1) is 7.56. The zero-order chi connectivity index (χ0) is 12.1. The summed E-state index contributed by atoms with van der Waals surface area (Å²) in [4.78, 5) is 0. The summed E-state index contributed by atoms with van der Waals surface area (Å²) < 4.78 is 12.0. The van der Waals surface area contributed by atoms with E-state index in [0.717, 1.165) is 12.2 Å². The normalized spacial score (nSPS) is 30.3. The van der Waals surface area contributed by atoms with Gasteiger partial charge in [0.1, 0.15) is 0 Å². The largest absolute Gasteiger partial charge is 0.310 e. The molecule has 1 fully saturated rings. The maximum Gasteiger partial charge on any atom is 0.0501 e. The Morgan fingerprint density at radius 3 is 2.44 bits per heavy atom. The maximum atomic E-state index is 12.0. The molecule has 0 aliphatic heterocycles. The summed E-state index contributed by atoms with van der Waals surface area (Å²) in [7, 11) is -0.636. The van der Waals surface area contributed by atoms with Crippen LogP contribution in [0.2, 0.25) is 0 Å². The van der Waals surface area contributed by atoms with Crippen LogP contribution in [0.25, 0.3) is 0 Å². The SMILES string of the molecule is CCS(=O)C1CCCCC1NC(C)C(C)C. The first-order valence-corrected chi connectivity index (χ1v) is 8.07. The quantitative estimate of drug-likeness (QED) is 0.807. The lowest BCUT2D eigenvalue weighted by Crippen LogP contribution is -2.49. The summed E-state index contributed by atoms with van der Waals surface area (Å²) in [6.07, 6.45) is 4.89. The Balaban J connectivity index is 2.56. The van der Waals surface area contributed by atoms with Crippen molar-refractivity contribution in [3.63, 3.8) is 0 Å². The molecule has 0 spiro atoms. The van der Waals surface area contributed by atoms with E-state index in [-0.39, 0.29) is 0 Å². The molecule has 0 aromatic carbocycles. The third kappa shape index (κ3) is 3.85. The average Bonchev–Trinajstić information content (AvgIpc) is 2.28. The highest BCUT2D eigenvalue weighted by Gasteiger charge is 2.30. The van der Waals surface area contributed by atoms with E-state index < -0.39 is 10.8 Å². The molecule has 2 nitrogen and oxygen atoms in total. The topological polar surface area (TPSA) is 29.1 Å². The highest BCUT2D eigenvalue weighted by molar-refractivity contribution is 7.85. The Bertz CT molecular complexity index is 230. The van der Waals surface area contributed by atoms with Crippen LogP contribution in [-0.4, -0.2) is 27.3 Å². The van der Waals surface area contributed by atoms with E-state index >= 15 is 0 Å². The number of rotatable bonds is 5. The van der Waals surface area contributed by atoms with Crippen molar-refractivity contribution in [1.29, 1.82) is 0 Å². The van der Waals surface area contributed by atoms with Crippen LogP contribution in [0.5, 0.6) is 0 Å². The van der Waals surface area contributed by atoms with Crippen LogP contribution < -0.4 is 5.32 Å². The number of hydrogen-bond acceptors (Lipinski definition) is 2. The fourth-order valence-corrected chi connectivity index (χ4v) is 3.79. The first-order valence-electron chi connectivity index (χ1n) is 6.69. The zero-order valence-corrected chi connectivity index (χ0v) is 12.0. The van der Waals surface area contributed by atoms with Gasteiger partial charge in [0, 0.05) is 28.6 Å². The predicted octanol–water partition coefficient (Wildman–Crippen LogP) is 2.70. The molecule has 96 valence electrons. The van der Waals surface area contributed by atoms with E-state index in [2.05, 4.69) is 26.1 Å². The maximum absolute atomic E-state index is 12.0. The minimum Gasteiger partial charge on any atom is -0.310 e.